The highest BCUT2D eigenvalue weighted by molar-refractivity contribution is 5.77. The van der Waals surface area contributed by atoms with Crippen molar-refractivity contribution in [3.05, 3.63) is 176 Å². The monoisotopic (exact) mass is 567 g/mol. The van der Waals surface area contributed by atoms with Crippen LogP contribution in [0.15, 0.2) is 176 Å². The summed E-state index contributed by atoms with van der Waals surface area (Å²) in [4.78, 5) is 19.5. The van der Waals surface area contributed by atoms with E-state index in [1.54, 1.807) is 0 Å². The quantitative estimate of drug-likeness (QED) is 0.183. The van der Waals surface area contributed by atoms with Gasteiger partial charge in [-0.25, -0.2) is 15.0 Å². The molecule has 5 nitrogen and oxygen atoms in total. The van der Waals surface area contributed by atoms with Crippen molar-refractivity contribution in [3.8, 4) is 22.8 Å². The molecule has 4 aromatic carbocycles. The standard InChI is InChI=1S/C39H29N5/c1-5-16-30(17-6-1)43(31-18-7-2-8-19-31)38-28-14-26-36(41-38)34-24-13-25-35(40-34)37-27-15-29-39(42-37)44(32-20-9-3-10-21-32)33-22-11-4-12-23-33/h1-29H. The molecule has 0 aliphatic heterocycles. The highest BCUT2D eigenvalue weighted by atomic mass is 15.2. The molecule has 0 amide bonds. The summed E-state index contributed by atoms with van der Waals surface area (Å²) < 4.78 is 0. The first-order chi connectivity index (χ1) is 21.8. The second kappa shape index (κ2) is 12.4. The molecule has 0 fully saturated rings. The number of para-hydroxylation sites is 4. The van der Waals surface area contributed by atoms with Gasteiger partial charge in [0, 0.05) is 22.7 Å². The smallest absolute Gasteiger partial charge is 0.138 e. The minimum Gasteiger partial charge on any atom is -0.295 e. The molecule has 210 valence electrons. The first-order valence-corrected chi connectivity index (χ1v) is 14.6. The van der Waals surface area contributed by atoms with Gasteiger partial charge in [0.15, 0.2) is 0 Å². The molecule has 3 aromatic heterocycles. The second-order valence-electron chi connectivity index (χ2n) is 10.2. The fourth-order valence-electron chi connectivity index (χ4n) is 5.24. The van der Waals surface area contributed by atoms with Gasteiger partial charge in [-0.05, 0) is 84.9 Å². The third-order valence-corrected chi connectivity index (χ3v) is 7.26. The van der Waals surface area contributed by atoms with Crippen LogP contribution in [0.5, 0.6) is 0 Å². The van der Waals surface area contributed by atoms with Crippen molar-refractivity contribution in [3.63, 3.8) is 0 Å². The van der Waals surface area contributed by atoms with Crippen molar-refractivity contribution in [2.45, 2.75) is 0 Å². The van der Waals surface area contributed by atoms with Gasteiger partial charge in [0.05, 0.1) is 22.8 Å². The molecule has 0 atom stereocenters. The number of nitrogens with zero attached hydrogens (tertiary/aromatic N) is 5. The topological polar surface area (TPSA) is 45.2 Å². The predicted octanol–water partition coefficient (Wildman–Crippen LogP) is 10.1. The fraction of sp³-hybridized carbons (Fsp3) is 0. The summed E-state index contributed by atoms with van der Waals surface area (Å²) in [6, 6.07) is 59.2. The molecule has 5 heteroatoms. The third kappa shape index (κ3) is 5.67. The van der Waals surface area contributed by atoms with Crippen molar-refractivity contribution in [2.75, 3.05) is 9.80 Å². The third-order valence-electron chi connectivity index (χ3n) is 7.26. The van der Waals surface area contributed by atoms with Gasteiger partial charge in [-0.1, -0.05) is 91.0 Å². The van der Waals surface area contributed by atoms with E-state index in [9.17, 15) is 0 Å². The van der Waals surface area contributed by atoms with Crippen LogP contribution in [0.1, 0.15) is 0 Å². The molecule has 0 aliphatic carbocycles. The Morgan fingerprint density at radius 1 is 0.250 bits per heavy atom. The lowest BCUT2D eigenvalue weighted by Crippen LogP contribution is -2.12. The molecule has 0 N–H and O–H groups in total. The van der Waals surface area contributed by atoms with E-state index in [1.165, 1.54) is 0 Å². The summed E-state index contributed by atoms with van der Waals surface area (Å²) in [5.41, 5.74) is 7.26. The van der Waals surface area contributed by atoms with E-state index < -0.39 is 0 Å². The Kier molecular flexibility index (Phi) is 7.57. The Labute approximate surface area is 257 Å². The van der Waals surface area contributed by atoms with E-state index in [2.05, 4.69) is 58.3 Å². The summed E-state index contributed by atoms with van der Waals surface area (Å²) in [6.07, 6.45) is 0. The SMILES string of the molecule is c1ccc(N(c2ccccc2)c2cccc(-c3cccc(-c4cccc(N(c5ccccc5)c5ccccc5)n4)n3)n2)cc1. The van der Waals surface area contributed by atoms with E-state index in [-0.39, 0.29) is 0 Å². The molecule has 0 saturated carbocycles. The number of rotatable bonds is 8. The number of hydrogen-bond donors (Lipinski definition) is 0. The summed E-state index contributed by atoms with van der Waals surface area (Å²) in [5.74, 6) is 1.63. The van der Waals surface area contributed by atoms with Gasteiger partial charge >= 0.3 is 0 Å². The maximum atomic E-state index is 5.09. The van der Waals surface area contributed by atoms with E-state index >= 15 is 0 Å². The zero-order valence-corrected chi connectivity index (χ0v) is 24.0. The number of aromatic nitrogens is 3. The predicted molar refractivity (Wildman–Crippen MR) is 180 cm³/mol. The van der Waals surface area contributed by atoms with Crippen molar-refractivity contribution >= 4 is 34.4 Å². The van der Waals surface area contributed by atoms with Crippen LogP contribution in [0.4, 0.5) is 34.4 Å². The van der Waals surface area contributed by atoms with Gasteiger partial charge in [-0.15, -0.1) is 0 Å². The van der Waals surface area contributed by atoms with Crippen LogP contribution in [0.3, 0.4) is 0 Å². The normalized spacial score (nSPS) is 10.7. The Bertz CT molecular complexity index is 1740. The zero-order valence-electron chi connectivity index (χ0n) is 24.0. The summed E-state index contributed by atoms with van der Waals surface area (Å²) >= 11 is 0. The Morgan fingerprint density at radius 3 is 0.841 bits per heavy atom. The van der Waals surface area contributed by atoms with Crippen LogP contribution in [0.25, 0.3) is 22.8 Å². The maximum Gasteiger partial charge on any atom is 0.138 e. The van der Waals surface area contributed by atoms with E-state index in [0.29, 0.717) is 0 Å². The summed E-state index contributed by atoms with van der Waals surface area (Å²) in [5, 5.41) is 0. The van der Waals surface area contributed by atoms with E-state index in [1.807, 2.05) is 127 Å². The number of hydrogen-bond acceptors (Lipinski definition) is 5. The average Bonchev–Trinajstić information content (AvgIpc) is 3.11. The lowest BCUT2D eigenvalue weighted by molar-refractivity contribution is 1.15. The Balaban J connectivity index is 1.26. The molecule has 7 rings (SSSR count). The molecule has 44 heavy (non-hydrogen) atoms. The lowest BCUT2D eigenvalue weighted by atomic mass is 10.1. The molecule has 0 radical (unpaired) electrons. The molecule has 3 heterocycles. The van der Waals surface area contributed by atoms with Crippen LogP contribution in [0, 0.1) is 0 Å². The van der Waals surface area contributed by atoms with Crippen molar-refractivity contribution in [2.24, 2.45) is 0 Å². The van der Waals surface area contributed by atoms with Gasteiger partial charge in [0.1, 0.15) is 11.6 Å². The molecular weight excluding hydrogens is 538 g/mol. The molecular formula is C39H29N5. The van der Waals surface area contributed by atoms with E-state index in [0.717, 1.165) is 57.2 Å². The Hall–Kier alpha value is -6.07. The van der Waals surface area contributed by atoms with Gasteiger partial charge in [0.25, 0.3) is 0 Å². The maximum absolute atomic E-state index is 5.09. The first kappa shape index (κ1) is 26.8. The largest absolute Gasteiger partial charge is 0.295 e. The minimum atomic E-state index is 0.778. The molecule has 0 saturated heterocycles. The van der Waals surface area contributed by atoms with Crippen molar-refractivity contribution in [1.82, 2.24) is 15.0 Å². The van der Waals surface area contributed by atoms with Crippen molar-refractivity contribution in [1.29, 1.82) is 0 Å². The van der Waals surface area contributed by atoms with Crippen LogP contribution >= 0.6 is 0 Å². The van der Waals surface area contributed by atoms with Gasteiger partial charge in [-0.2, -0.15) is 0 Å². The highest BCUT2D eigenvalue weighted by Crippen LogP contribution is 2.35. The number of anilines is 6. The number of pyridine rings is 3. The van der Waals surface area contributed by atoms with E-state index in [4.69, 9.17) is 15.0 Å². The second-order valence-corrected chi connectivity index (χ2v) is 10.2. The minimum absolute atomic E-state index is 0.778. The highest BCUT2D eigenvalue weighted by Gasteiger charge is 2.16. The summed E-state index contributed by atoms with van der Waals surface area (Å²) in [7, 11) is 0. The van der Waals surface area contributed by atoms with Gasteiger partial charge < -0.3 is 0 Å². The molecule has 0 bridgehead atoms. The molecule has 0 aliphatic rings. The summed E-state index contributed by atoms with van der Waals surface area (Å²) in [6.45, 7) is 0. The fourth-order valence-corrected chi connectivity index (χ4v) is 5.24. The van der Waals surface area contributed by atoms with Crippen LogP contribution in [-0.2, 0) is 0 Å². The van der Waals surface area contributed by atoms with Gasteiger partial charge in [-0.3, -0.25) is 9.80 Å². The number of benzene rings is 4. The van der Waals surface area contributed by atoms with Crippen LogP contribution in [-0.4, -0.2) is 15.0 Å². The van der Waals surface area contributed by atoms with Crippen LogP contribution in [0.2, 0.25) is 0 Å². The molecule has 7 aromatic rings. The molecule has 0 spiro atoms. The molecule has 0 unspecified atom stereocenters. The van der Waals surface area contributed by atoms with Crippen molar-refractivity contribution < 1.29 is 0 Å². The van der Waals surface area contributed by atoms with Gasteiger partial charge in [0.2, 0.25) is 0 Å². The first-order valence-electron chi connectivity index (χ1n) is 14.6. The Morgan fingerprint density at radius 2 is 0.523 bits per heavy atom. The zero-order chi connectivity index (χ0) is 29.6. The van der Waals surface area contributed by atoms with Crippen LogP contribution < -0.4 is 9.80 Å². The lowest BCUT2D eigenvalue weighted by Gasteiger charge is -2.24. The average molecular weight is 568 g/mol.